The number of sulfonamides is 2. The van der Waals surface area contributed by atoms with Gasteiger partial charge < -0.3 is 0 Å². The normalized spacial score (nSPS) is 12.6. The molecule has 0 bridgehead atoms. The van der Waals surface area contributed by atoms with E-state index in [9.17, 15) is 30.0 Å². The fourth-order valence-electron chi connectivity index (χ4n) is 1.90. The van der Waals surface area contributed by atoms with E-state index in [0.717, 1.165) is 18.4 Å². The lowest BCUT2D eigenvalue weighted by Crippen LogP contribution is -2.14. The molecular weight excluding hydrogens is 381 g/mol. The van der Waals surface area contributed by atoms with E-state index in [4.69, 9.17) is 0 Å². The molecule has 6 nitrogen and oxygen atoms in total. The molecule has 136 valence electrons. The van der Waals surface area contributed by atoms with Crippen molar-refractivity contribution in [3.63, 3.8) is 0 Å². The van der Waals surface area contributed by atoms with Gasteiger partial charge in [0.25, 0.3) is 10.0 Å². The van der Waals surface area contributed by atoms with E-state index < -0.39 is 31.8 Å². The highest BCUT2D eigenvalue weighted by molar-refractivity contribution is 7.92. The molecule has 0 unspecified atom stereocenters. The topological polar surface area (TPSA) is 92.3 Å². The lowest BCUT2D eigenvalue weighted by molar-refractivity contribution is -0.137. The SMILES string of the molecule is CS(=O)(=O)Nc1cccc(NS(=O)(=O)c2ccc(C(F)(F)F)cc2)c1. The molecule has 0 fully saturated rings. The number of anilines is 2. The molecule has 0 aliphatic carbocycles. The van der Waals surface area contributed by atoms with Crippen LogP contribution in [0.1, 0.15) is 5.56 Å². The second-order valence-corrected chi connectivity index (χ2v) is 8.51. The number of rotatable bonds is 5. The highest BCUT2D eigenvalue weighted by atomic mass is 32.2. The lowest BCUT2D eigenvalue weighted by atomic mass is 10.2. The molecule has 0 spiro atoms. The summed E-state index contributed by atoms with van der Waals surface area (Å²) in [5.41, 5.74) is -0.783. The van der Waals surface area contributed by atoms with Crippen LogP contribution >= 0.6 is 0 Å². The third kappa shape index (κ3) is 5.36. The minimum absolute atomic E-state index is 0.0496. The van der Waals surface area contributed by atoms with E-state index in [1.165, 1.54) is 24.3 Å². The Kier molecular flexibility index (Phi) is 5.00. The Morgan fingerprint density at radius 2 is 1.36 bits per heavy atom. The molecule has 2 aromatic rings. The van der Waals surface area contributed by atoms with Crippen LogP contribution in [-0.2, 0) is 26.2 Å². The zero-order chi connectivity index (χ0) is 18.9. The zero-order valence-corrected chi connectivity index (χ0v) is 14.3. The van der Waals surface area contributed by atoms with E-state index in [1.807, 2.05) is 0 Å². The van der Waals surface area contributed by atoms with Gasteiger partial charge in [0, 0.05) is 0 Å². The van der Waals surface area contributed by atoms with Crippen molar-refractivity contribution in [1.29, 1.82) is 0 Å². The van der Waals surface area contributed by atoms with Gasteiger partial charge in [0.15, 0.2) is 0 Å². The minimum atomic E-state index is -4.57. The lowest BCUT2D eigenvalue weighted by Gasteiger charge is -2.11. The van der Waals surface area contributed by atoms with Crippen LogP contribution in [0, 0.1) is 0 Å². The summed E-state index contributed by atoms with van der Waals surface area (Å²) in [5.74, 6) is 0. The standard InChI is InChI=1S/C14H13F3N2O4S2/c1-24(20,21)18-11-3-2-4-12(9-11)19-25(22,23)13-7-5-10(6-8-13)14(15,16)17/h2-9,18-19H,1H3. The molecule has 0 aliphatic rings. The van der Waals surface area contributed by atoms with Crippen molar-refractivity contribution in [1.82, 2.24) is 0 Å². The Morgan fingerprint density at radius 3 is 1.84 bits per heavy atom. The molecule has 2 N–H and O–H groups in total. The van der Waals surface area contributed by atoms with Gasteiger partial charge in [-0.2, -0.15) is 13.2 Å². The maximum Gasteiger partial charge on any atom is 0.416 e. The summed E-state index contributed by atoms with van der Waals surface area (Å²) in [4.78, 5) is -0.359. The summed E-state index contributed by atoms with van der Waals surface area (Å²) in [6.07, 6.45) is -3.63. The van der Waals surface area contributed by atoms with Crippen LogP contribution in [-0.4, -0.2) is 23.1 Å². The molecule has 11 heteroatoms. The average molecular weight is 394 g/mol. The van der Waals surface area contributed by atoms with E-state index in [1.54, 1.807) is 0 Å². The predicted molar refractivity (Wildman–Crippen MR) is 87.2 cm³/mol. The van der Waals surface area contributed by atoms with Crippen molar-refractivity contribution < 1.29 is 30.0 Å². The maximum absolute atomic E-state index is 12.5. The van der Waals surface area contributed by atoms with Crippen molar-refractivity contribution in [2.45, 2.75) is 11.1 Å². The van der Waals surface area contributed by atoms with Gasteiger partial charge in [0.1, 0.15) is 0 Å². The molecular formula is C14H13F3N2O4S2. The smallest absolute Gasteiger partial charge is 0.284 e. The van der Waals surface area contributed by atoms with Crippen molar-refractivity contribution in [3.05, 3.63) is 54.1 Å². The highest BCUT2D eigenvalue weighted by Crippen LogP contribution is 2.30. The number of halogens is 3. The fourth-order valence-corrected chi connectivity index (χ4v) is 3.50. The van der Waals surface area contributed by atoms with Crippen LogP contribution in [0.3, 0.4) is 0 Å². The third-order valence-corrected chi connectivity index (χ3v) is 4.91. The van der Waals surface area contributed by atoms with Gasteiger partial charge in [-0.25, -0.2) is 16.8 Å². The van der Waals surface area contributed by atoms with E-state index in [0.29, 0.717) is 12.1 Å². The first-order chi connectivity index (χ1) is 11.4. The zero-order valence-electron chi connectivity index (χ0n) is 12.7. The maximum atomic E-state index is 12.5. The Labute approximate surface area is 142 Å². The van der Waals surface area contributed by atoms with Gasteiger partial charge >= 0.3 is 6.18 Å². The van der Waals surface area contributed by atoms with Gasteiger partial charge in [0.05, 0.1) is 28.1 Å². The van der Waals surface area contributed by atoms with Gasteiger partial charge in [-0.15, -0.1) is 0 Å². The second kappa shape index (κ2) is 6.56. The summed E-state index contributed by atoms with van der Waals surface area (Å²) >= 11 is 0. The largest absolute Gasteiger partial charge is 0.416 e. The summed E-state index contributed by atoms with van der Waals surface area (Å²) in [6, 6.07) is 8.44. The number of nitrogens with one attached hydrogen (secondary N) is 2. The Balaban J connectivity index is 2.25. The first-order valence-electron chi connectivity index (χ1n) is 6.65. The van der Waals surface area contributed by atoms with Crippen LogP contribution in [0.5, 0.6) is 0 Å². The molecule has 0 radical (unpaired) electrons. The summed E-state index contributed by atoms with van der Waals surface area (Å²) in [7, 11) is -7.67. The van der Waals surface area contributed by atoms with Gasteiger partial charge in [-0.1, -0.05) is 6.07 Å². The van der Waals surface area contributed by atoms with Gasteiger partial charge in [-0.05, 0) is 42.5 Å². The molecule has 2 aromatic carbocycles. The number of hydrogen-bond donors (Lipinski definition) is 2. The van der Waals surface area contributed by atoms with E-state index >= 15 is 0 Å². The average Bonchev–Trinajstić information content (AvgIpc) is 2.44. The molecule has 0 amide bonds. The van der Waals surface area contributed by atoms with Crippen LogP contribution in [0.2, 0.25) is 0 Å². The van der Waals surface area contributed by atoms with E-state index in [2.05, 4.69) is 9.44 Å². The third-order valence-electron chi connectivity index (χ3n) is 2.91. The van der Waals surface area contributed by atoms with Gasteiger partial charge in [0.2, 0.25) is 10.0 Å². The molecule has 25 heavy (non-hydrogen) atoms. The van der Waals surface area contributed by atoms with Crippen LogP contribution in [0.25, 0.3) is 0 Å². The van der Waals surface area contributed by atoms with Gasteiger partial charge in [-0.3, -0.25) is 9.44 Å². The molecule has 0 saturated carbocycles. The molecule has 0 saturated heterocycles. The Bertz CT molecular complexity index is 970. The second-order valence-electron chi connectivity index (χ2n) is 5.08. The monoisotopic (exact) mass is 394 g/mol. The van der Waals surface area contributed by atoms with Crippen molar-refractivity contribution >= 4 is 31.4 Å². The minimum Gasteiger partial charge on any atom is -0.284 e. The number of benzene rings is 2. The predicted octanol–water partition coefficient (Wildman–Crippen LogP) is 2.88. The number of alkyl halides is 3. The molecule has 0 heterocycles. The molecule has 0 atom stereocenters. The summed E-state index contributed by atoms with van der Waals surface area (Å²) < 4.78 is 88.8. The van der Waals surface area contributed by atoms with Crippen LogP contribution in [0.15, 0.2) is 53.4 Å². The molecule has 0 aromatic heterocycles. The van der Waals surface area contributed by atoms with Crippen LogP contribution < -0.4 is 9.44 Å². The van der Waals surface area contributed by atoms with Crippen molar-refractivity contribution in [2.75, 3.05) is 15.7 Å². The Hall–Kier alpha value is -2.27. The van der Waals surface area contributed by atoms with Crippen molar-refractivity contribution in [2.24, 2.45) is 0 Å². The summed E-state index contributed by atoms with van der Waals surface area (Å²) in [5, 5.41) is 0. The molecule has 2 rings (SSSR count). The fraction of sp³-hybridized carbons (Fsp3) is 0.143. The molecule has 0 aliphatic heterocycles. The van der Waals surface area contributed by atoms with Crippen molar-refractivity contribution in [3.8, 4) is 0 Å². The first kappa shape index (κ1) is 19.1. The quantitative estimate of drug-likeness (QED) is 0.816. The van der Waals surface area contributed by atoms with Crippen LogP contribution in [0.4, 0.5) is 24.5 Å². The number of hydrogen-bond acceptors (Lipinski definition) is 4. The Morgan fingerprint density at radius 1 is 0.840 bits per heavy atom. The summed E-state index contributed by atoms with van der Waals surface area (Å²) in [6.45, 7) is 0. The highest BCUT2D eigenvalue weighted by Gasteiger charge is 2.30. The first-order valence-corrected chi connectivity index (χ1v) is 10.0. The van der Waals surface area contributed by atoms with E-state index in [-0.39, 0.29) is 16.3 Å².